The van der Waals surface area contributed by atoms with E-state index < -0.39 is 0 Å². The fourth-order valence-corrected chi connectivity index (χ4v) is 1.47. The van der Waals surface area contributed by atoms with Gasteiger partial charge in [0.25, 0.3) is 0 Å². The number of aryl methyl sites for hydroxylation is 2. The van der Waals surface area contributed by atoms with E-state index in [-0.39, 0.29) is 6.04 Å². The molecule has 1 rings (SSSR count). The highest BCUT2D eigenvalue weighted by atomic mass is 14.6. The SMILES string of the molecule is C=CC(N)c1c(C)cccc1C. The van der Waals surface area contributed by atoms with Crippen molar-refractivity contribution >= 4 is 0 Å². The van der Waals surface area contributed by atoms with Crippen molar-refractivity contribution in [3.63, 3.8) is 0 Å². The molecule has 1 heteroatoms. The van der Waals surface area contributed by atoms with Gasteiger partial charge in [0.2, 0.25) is 0 Å². The maximum atomic E-state index is 5.88. The fourth-order valence-electron chi connectivity index (χ4n) is 1.47. The summed E-state index contributed by atoms with van der Waals surface area (Å²) in [5.41, 5.74) is 9.56. The fraction of sp³-hybridized carbons (Fsp3) is 0.273. The van der Waals surface area contributed by atoms with Crippen molar-refractivity contribution in [3.8, 4) is 0 Å². The third-order valence-corrected chi connectivity index (χ3v) is 2.13. The molecular weight excluding hydrogens is 146 g/mol. The Hall–Kier alpha value is -1.08. The van der Waals surface area contributed by atoms with Crippen LogP contribution in [0.25, 0.3) is 0 Å². The van der Waals surface area contributed by atoms with Crippen LogP contribution in [-0.4, -0.2) is 0 Å². The summed E-state index contributed by atoms with van der Waals surface area (Å²) < 4.78 is 0. The number of hydrogen-bond donors (Lipinski definition) is 1. The highest BCUT2D eigenvalue weighted by molar-refractivity contribution is 5.37. The van der Waals surface area contributed by atoms with Gasteiger partial charge in [-0.15, -0.1) is 6.58 Å². The molecule has 0 aliphatic heterocycles. The monoisotopic (exact) mass is 161 g/mol. The van der Waals surface area contributed by atoms with E-state index in [4.69, 9.17) is 5.73 Å². The molecule has 12 heavy (non-hydrogen) atoms. The normalized spacial score (nSPS) is 12.6. The van der Waals surface area contributed by atoms with Crippen LogP contribution in [0, 0.1) is 13.8 Å². The van der Waals surface area contributed by atoms with E-state index in [1.54, 1.807) is 6.08 Å². The van der Waals surface area contributed by atoms with E-state index in [0.29, 0.717) is 0 Å². The third-order valence-electron chi connectivity index (χ3n) is 2.13. The standard InChI is InChI=1S/C11H15N/c1-4-10(12)11-8(2)6-5-7-9(11)3/h4-7,10H,1,12H2,2-3H3. The predicted molar refractivity (Wildman–Crippen MR) is 53.0 cm³/mol. The molecule has 1 aromatic rings. The largest absolute Gasteiger partial charge is 0.321 e. The molecule has 1 atom stereocenters. The van der Waals surface area contributed by atoms with E-state index in [1.807, 2.05) is 6.07 Å². The van der Waals surface area contributed by atoms with Crippen LogP contribution in [0.3, 0.4) is 0 Å². The van der Waals surface area contributed by atoms with Crippen molar-refractivity contribution in [2.45, 2.75) is 19.9 Å². The Bertz CT molecular complexity index is 269. The van der Waals surface area contributed by atoms with Crippen LogP contribution in [-0.2, 0) is 0 Å². The summed E-state index contributed by atoms with van der Waals surface area (Å²) in [6, 6.07) is 6.16. The second-order valence-corrected chi connectivity index (χ2v) is 3.07. The minimum absolute atomic E-state index is 0.0359. The quantitative estimate of drug-likeness (QED) is 0.662. The number of nitrogens with two attached hydrogens (primary N) is 1. The van der Waals surface area contributed by atoms with Gasteiger partial charge in [-0.2, -0.15) is 0 Å². The van der Waals surface area contributed by atoms with E-state index in [0.717, 1.165) is 0 Å². The van der Waals surface area contributed by atoms with E-state index in [9.17, 15) is 0 Å². The maximum Gasteiger partial charge on any atom is 0.0483 e. The summed E-state index contributed by atoms with van der Waals surface area (Å²) in [6.45, 7) is 7.84. The van der Waals surface area contributed by atoms with Crippen LogP contribution in [0.4, 0.5) is 0 Å². The molecule has 0 amide bonds. The summed E-state index contributed by atoms with van der Waals surface area (Å²) in [5, 5.41) is 0. The Labute approximate surface area is 73.9 Å². The lowest BCUT2D eigenvalue weighted by Gasteiger charge is -2.13. The number of benzene rings is 1. The van der Waals surface area contributed by atoms with Gasteiger partial charge in [0, 0.05) is 6.04 Å². The minimum Gasteiger partial charge on any atom is -0.321 e. The van der Waals surface area contributed by atoms with Crippen molar-refractivity contribution < 1.29 is 0 Å². The molecule has 0 aliphatic rings. The zero-order chi connectivity index (χ0) is 9.14. The lowest BCUT2D eigenvalue weighted by molar-refractivity contribution is 0.890. The van der Waals surface area contributed by atoms with Crippen LogP contribution in [0.15, 0.2) is 30.9 Å². The van der Waals surface area contributed by atoms with Gasteiger partial charge >= 0.3 is 0 Å². The highest BCUT2D eigenvalue weighted by Gasteiger charge is 2.06. The molecule has 1 unspecified atom stereocenters. The molecule has 1 nitrogen and oxygen atoms in total. The maximum absolute atomic E-state index is 5.88. The Balaban J connectivity index is 3.20. The molecule has 0 heterocycles. The summed E-state index contributed by atoms with van der Waals surface area (Å²) >= 11 is 0. The molecule has 0 fully saturated rings. The number of hydrogen-bond acceptors (Lipinski definition) is 1. The molecule has 0 radical (unpaired) electrons. The second kappa shape index (κ2) is 3.55. The molecule has 0 bridgehead atoms. The molecule has 2 N–H and O–H groups in total. The van der Waals surface area contributed by atoms with Crippen molar-refractivity contribution in [1.29, 1.82) is 0 Å². The van der Waals surface area contributed by atoms with Gasteiger partial charge in [-0.1, -0.05) is 24.3 Å². The molecule has 0 spiro atoms. The Kier molecular flexibility index (Phi) is 2.66. The van der Waals surface area contributed by atoms with Crippen molar-refractivity contribution in [3.05, 3.63) is 47.5 Å². The van der Waals surface area contributed by atoms with Crippen molar-refractivity contribution in [2.75, 3.05) is 0 Å². The summed E-state index contributed by atoms with van der Waals surface area (Å²) in [7, 11) is 0. The zero-order valence-corrected chi connectivity index (χ0v) is 7.67. The first-order valence-corrected chi connectivity index (χ1v) is 4.11. The minimum atomic E-state index is -0.0359. The van der Waals surface area contributed by atoms with Gasteiger partial charge in [0.05, 0.1) is 0 Å². The molecule has 0 saturated heterocycles. The average molecular weight is 161 g/mol. The van der Waals surface area contributed by atoms with Crippen LogP contribution < -0.4 is 5.73 Å². The molecule has 0 saturated carbocycles. The van der Waals surface area contributed by atoms with Gasteiger partial charge < -0.3 is 5.73 Å². The smallest absolute Gasteiger partial charge is 0.0483 e. The van der Waals surface area contributed by atoms with Crippen molar-refractivity contribution in [1.82, 2.24) is 0 Å². The first kappa shape index (κ1) is 9.01. The zero-order valence-electron chi connectivity index (χ0n) is 7.67. The molecule has 0 aromatic heterocycles. The topological polar surface area (TPSA) is 26.0 Å². The van der Waals surface area contributed by atoms with Crippen LogP contribution >= 0.6 is 0 Å². The molecule has 64 valence electrons. The van der Waals surface area contributed by atoms with Gasteiger partial charge in [-0.25, -0.2) is 0 Å². The Morgan fingerprint density at radius 3 is 2.25 bits per heavy atom. The van der Waals surface area contributed by atoms with Crippen LogP contribution in [0.1, 0.15) is 22.7 Å². The summed E-state index contributed by atoms with van der Waals surface area (Å²) in [5.74, 6) is 0. The summed E-state index contributed by atoms with van der Waals surface area (Å²) in [6.07, 6.45) is 1.77. The van der Waals surface area contributed by atoms with Gasteiger partial charge in [-0.3, -0.25) is 0 Å². The van der Waals surface area contributed by atoms with Crippen molar-refractivity contribution in [2.24, 2.45) is 5.73 Å². The molecular formula is C11H15N. The lowest BCUT2D eigenvalue weighted by atomic mass is 9.97. The second-order valence-electron chi connectivity index (χ2n) is 3.07. The number of rotatable bonds is 2. The predicted octanol–water partition coefficient (Wildman–Crippen LogP) is 2.49. The van der Waals surface area contributed by atoms with Crippen LogP contribution in [0.5, 0.6) is 0 Å². The van der Waals surface area contributed by atoms with Crippen LogP contribution in [0.2, 0.25) is 0 Å². The molecule has 0 aliphatic carbocycles. The Morgan fingerprint density at radius 1 is 1.33 bits per heavy atom. The highest BCUT2D eigenvalue weighted by Crippen LogP contribution is 2.20. The third kappa shape index (κ3) is 1.56. The Morgan fingerprint density at radius 2 is 1.83 bits per heavy atom. The van der Waals surface area contributed by atoms with Gasteiger partial charge in [0.1, 0.15) is 0 Å². The van der Waals surface area contributed by atoms with Gasteiger partial charge in [0.15, 0.2) is 0 Å². The first-order valence-electron chi connectivity index (χ1n) is 4.11. The summed E-state index contributed by atoms with van der Waals surface area (Å²) in [4.78, 5) is 0. The van der Waals surface area contributed by atoms with Gasteiger partial charge in [-0.05, 0) is 30.5 Å². The first-order chi connectivity index (χ1) is 5.66. The van der Waals surface area contributed by atoms with E-state index >= 15 is 0 Å². The molecule has 1 aromatic carbocycles. The average Bonchev–Trinajstić information content (AvgIpc) is 2.03. The lowest BCUT2D eigenvalue weighted by Crippen LogP contribution is -2.09. The van der Waals surface area contributed by atoms with E-state index in [2.05, 4.69) is 32.6 Å². The van der Waals surface area contributed by atoms with E-state index in [1.165, 1.54) is 16.7 Å².